The van der Waals surface area contributed by atoms with E-state index < -0.39 is 0 Å². The minimum absolute atomic E-state index is 0.112. The predicted octanol–water partition coefficient (Wildman–Crippen LogP) is 2.95. The summed E-state index contributed by atoms with van der Waals surface area (Å²) in [7, 11) is 0. The Labute approximate surface area is 165 Å². The van der Waals surface area contributed by atoms with Crippen LogP contribution in [0.2, 0.25) is 0 Å². The number of hydrogen-bond acceptors (Lipinski definition) is 5. The summed E-state index contributed by atoms with van der Waals surface area (Å²) in [5, 5.41) is 0. The van der Waals surface area contributed by atoms with Gasteiger partial charge in [0.15, 0.2) is 0 Å². The van der Waals surface area contributed by atoms with Crippen LogP contribution in [0.25, 0.3) is 0 Å². The van der Waals surface area contributed by atoms with Gasteiger partial charge in [0, 0.05) is 50.6 Å². The van der Waals surface area contributed by atoms with E-state index in [9.17, 15) is 4.79 Å². The van der Waals surface area contributed by atoms with Crippen molar-refractivity contribution in [2.75, 3.05) is 19.7 Å². The number of aromatic nitrogens is 2. The first-order valence-corrected chi connectivity index (χ1v) is 10.0. The monoisotopic (exact) mass is 381 g/mol. The highest BCUT2D eigenvalue weighted by Gasteiger charge is 2.42. The number of likely N-dealkylation sites (tertiary alicyclic amines) is 1. The summed E-state index contributed by atoms with van der Waals surface area (Å²) < 4.78 is 12.3. The van der Waals surface area contributed by atoms with Crippen LogP contribution in [0.4, 0.5) is 0 Å². The van der Waals surface area contributed by atoms with E-state index in [1.165, 1.54) is 0 Å². The Morgan fingerprint density at radius 2 is 2.18 bits per heavy atom. The van der Waals surface area contributed by atoms with Crippen molar-refractivity contribution in [3.8, 4) is 5.88 Å². The zero-order valence-electron chi connectivity index (χ0n) is 16.3. The first-order valence-electron chi connectivity index (χ1n) is 10.0. The molecule has 1 spiro atoms. The molecule has 4 heterocycles. The molecule has 0 radical (unpaired) electrons. The highest BCUT2D eigenvalue weighted by atomic mass is 16.5. The molecule has 0 N–H and O–H groups in total. The van der Waals surface area contributed by atoms with Crippen molar-refractivity contribution in [3.05, 3.63) is 54.0 Å². The topological polar surface area (TPSA) is 64.6 Å². The van der Waals surface area contributed by atoms with Gasteiger partial charge in [-0.2, -0.15) is 0 Å². The van der Waals surface area contributed by atoms with Crippen LogP contribution >= 0.6 is 0 Å². The van der Waals surface area contributed by atoms with Crippen molar-refractivity contribution in [2.24, 2.45) is 0 Å². The van der Waals surface area contributed by atoms with Crippen molar-refractivity contribution in [1.82, 2.24) is 14.9 Å². The molecule has 2 fully saturated rings. The summed E-state index contributed by atoms with van der Waals surface area (Å²) in [6.07, 6.45) is 9.23. The fraction of sp³-hybridized carbons (Fsp3) is 0.500. The number of aryl methyl sites for hydroxylation is 1. The minimum Gasteiger partial charge on any atom is -0.474 e. The average molecular weight is 381 g/mol. The molecule has 6 nitrogen and oxygen atoms in total. The van der Waals surface area contributed by atoms with E-state index in [4.69, 9.17) is 9.47 Å². The Morgan fingerprint density at radius 1 is 1.32 bits per heavy atom. The average Bonchev–Trinajstić information content (AvgIpc) is 2.69. The van der Waals surface area contributed by atoms with Gasteiger partial charge in [0.1, 0.15) is 6.10 Å². The maximum atomic E-state index is 12.6. The van der Waals surface area contributed by atoms with E-state index in [-0.39, 0.29) is 17.6 Å². The second-order valence-electron chi connectivity index (χ2n) is 7.85. The van der Waals surface area contributed by atoms with E-state index in [2.05, 4.69) is 9.97 Å². The molecule has 4 rings (SSSR count). The lowest BCUT2D eigenvalue weighted by molar-refractivity contribution is -0.151. The van der Waals surface area contributed by atoms with E-state index in [0.29, 0.717) is 18.9 Å². The van der Waals surface area contributed by atoms with E-state index >= 15 is 0 Å². The van der Waals surface area contributed by atoms with Crippen LogP contribution < -0.4 is 4.74 Å². The molecule has 2 aromatic rings. The number of rotatable bonds is 4. The van der Waals surface area contributed by atoms with Crippen LogP contribution in [0.1, 0.15) is 36.8 Å². The highest BCUT2D eigenvalue weighted by Crippen LogP contribution is 2.36. The molecule has 0 aliphatic carbocycles. The second kappa shape index (κ2) is 8.27. The van der Waals surface area contributed by atoms with Gasteiger partial charge in [0.2, 0.25) is 11.8 Å². The summed E-state index contributed by atoms with van der Waals surface area (Å²) in [6, 6.07) is 7.76. The van der Waals surface area contributed by atoms with Crippen molar-refractivity contribution < 1.29 is 14.3 Å². The zero-order chi connectivity index (χ0) is 19.4. The molecule has 2 aromatic heterocycles. The molecule has 28 heavy (non-hydrogen) atoms. The van der Waals surface area contributed by atoms with Crippen molar-refractivity contribution >= 4 is 5.91 Å². The largest absolute Gasteiger partial charge is 0.474 e. The van der Waals surface area contributed by atoms with Crippen LogP contribution in [0.5, 0.6) is 5.88 Å². The van der Waals surface area contributed by atoms with Gasteiger partial charge < -0.3 is 14.4 Å². The summed E-state index contributed by atoms with van der Waals surface area (Å²) in [6.45, 7) is 4.20. The molecule has 0 aromatic carbocycles. The van der Waals surface area contributed by atoms with Crippen LogP contribution in [-0.2, 0) is 16.0 Å². The number of carbonyl (C=O) groups is 1. The van der Waals surface area contributed by atoms with Crippen molar-refractivity contribution in [2.45, 2.75) is 50.7 Å². The van der Waals surface area contributed by atoms with Gasteiger partial charge in [0.25, 0.3) is 0 Å². The van der Waals surface area contributed by atoms with Gasteiger partial charge in [-0.05, 0) is 43.0 Å². The maximum Gasteiger partial charge on any atom is 0.227 e. The number of carbonyl (C=O) groups excluding carboxylic acids is 1. The molecule has 1 unspecified atom stereocenters. The van der Waals surface area contributed by atoms with Gasteiger partial charge in [-0.1, -0.05) is 6.07 Å². The van der Waals surface area contributed by atoms with Gasteiger partial charge in [-0.3, -0.25) is 9.78 Å². The summed E-state index contributed by atoms with van der Waals surface area (Å²) >= 11 is 0. The smallest absolute Gasteiger partial charge is 0.227 e. The lowest BCUT2D eigenvalue weighted by atomic mass is 9.83. The van der Waals surface area contributed by atoms with Crippen LogP contribution in [0.15, 0.2) is 42.9 Å². The Morgan fingerprint density at radius 3 is 2.93 bits per heavy atom. The molecule has 0 saturated carbocycles. The normalized spacial score (nSPS) is 21.5. The molecule has 1 atom stereocenters. The molecule has 148 valence electrons. The molecule has 0 bridgehead atoms. The van der Waals surface area contributed by atoms with Gasteiger partial charge in [0.05, 0.1) is 18.6 Å². The first kappa shape index (κ1) is 18.9. The SMILES string of the molecule is Cc1ccnc(OC2CCOC3(CCN(C(=O)Cc4cccnc4)CC3)C2)c1. The zero-order valence-corrected chi connectivity index (χ0v) is 16.3. The number of piperidine rings is 1. The number of ether oxygens (including phenoxy) is 2. The van der Waals surface area contributed by atoms with Crippen LogP contribution in [-0.4, -0.2) is 52.2 Å². The van der Waals surface area contributed by atoms with Crippen molar-refractivity contribution in [1.29, 1.82) is 0 Å². The molecular formula is C22H27N3O3. The molecule has 2 aliphatic rings. The first-order chi connectivity index (χ1) is 13.6. The highest BCUT2D eigenvalue weighted by molar-refractivity contribution is 5.78. The third-order valence-electron chi connectivity index (χ3n) is 5.73. The lowest BCUT2D eigenvalue weighted by Crippen LogP contribution is -2.52. The Balaban J connectivity index is 1.32. The maximum absolute atomic E-state index is 12.6. The van der Waals surface area contributed by atoms with E-state index in [0.717, 1.165) is 49.9 Å². The fourth-order valence-electron chi connectivity index (χ4n) is 4.13. The number of amides is 1. The molecule has 2 saturated heterocycles. The van der Waals surface area contributed by atoms with Crippen LogP contribution in [0.3, 0.4) is 0 Å². The molecule has 1 amide bonds. The fourth-order valence-corrected chi connectivity index (χ4v) is 4.13. The number of pyridine rings is 2. The molecule has 6 heteroatoms. The summed E-state index contributed by atoms with van der Waals surface area (Å²) in [5.41, 5.74) is 1.92. The molecular weight excluding hydrogens is 354 g/mol. The standard InChI is InChI=1S/C22H27N3O3/c1-17-4-9-24-20(13-17)28-19-5-12-27-22(15-19)6-10-25(11-7-22)21(26)14-18-3-2-8-23-16-18/h2-4,8-9,13,16,19H,5-7,10-12,14-15H2,1H3. The van der Waals surface area contributed by atoms with Crippen LogP contribution in [0, 0.1) is 6.92 Å². The lowest BCUT2D eigenvalue weighted by Gasteiger charge is -2.46. The Kier molecular flexibility index (Phi) is 5.57. The summed E-state index contributed by atoms with van der Waals surface area (Å²) in [5.74, 6) is 0.849. The Hall–Kier alpha value is -2.47. The second-order valence-corrected chi connectivity index (χ2v) is 7.85. The minimum atomic E-state index is -0.183. The third kappa shape index (κ3) is 4.50. The van der Waals surface area contributed by atoms with Crippen molar-refractivity contribution in [3.63, 3.8) is 0 Å². The quantitative estimate of drug-likeness (QED) is 0.815. The summed E-state index contributed by atoms with van der Waals surface area (Å²) in [4.78, 5) is 23.0. The number of nitrogens with zero attached hydrogens (tertiary/aromatic N) is 3. The molecule has 2 aliphatic heterocycles. The number of hydrogen-bond donors (Lipinski definition) is 0. The van der Waals surface area contributed by atoms with E-state index in [1.54, 1.807) is 18.6 Å². The van der Waals surface area contributed by atoms with Gasteiger partial charge in [-0.25, -0.2) is 4.98 Å². The van der Waals surface area contributed by atoms with Gasteiger partial charge in [-0.15, -0.1) is 0 Å². The third-order valence-corrected chi connectivity index (χ3v) is 5.73. The predicted molar refractivity (Wildman–Crippen MR) is 105 cm³/mol. The Bertz CT molecular complexity index is 804. The van der Waals surface area contributed by atoms with Gasteiger partial charge >= 0.3 is 0 Å². The van der Waals surface area contributed by atoms with E-state index in [1.807, 2.05) is 36.1 Å².